The number of nitrogens with one attached hydrogen (secondary N) is 1. The molecule has 0 radical (unpaired) electrons. The summed E-state index contributed by atoms with van der Waals surface area (Å²) in [6.07, 6.45) is 1.81. The van der Waals surface area contributed by atoms with Crippen LogP contribution in [0.25, 0.3) is 11.3 Å². The summed E-state index contributed by atoms with van der Waals surface area (Å²) in [6.45, 7) is 1.83. The first-order valence-electron chi connectivity index (χ1n) is 4.90. The van der Waals surface area contributed by atoms with E-state index < -0.39 is 0 Å². The molecule has 0 saturated carbocycles. The van der Waals surface area contributed by atoms with Gasteiger partial charge in [-0.15, -0.1) is 0 Å². The predicted octanol–water partition coefficient (Wildman–Crippen LogP) is 2.11. The van der Waals surface area contributed by atoms with Gasteiger partial charge >= 0.3 is 0 Å². The Hall–Kier alpha value is -1.84. The Morgan fingerprint density at radius 3 is 2.87 bits per heavy atom. The number of aromatic nitrogens is 2. The molecule has 1 aromatic carbocycles. The van der Waals surface area contributed by atoms with Gasteiger partial charge in [0.2, 0.25) is 5.95 Å². The number of anilines is 1. The van der Waals surface area contributed by atoms with Gasteiger partial charge in [0.25, 0.3) is 0 Å². The molecule has 0 atom stereocenters. The molecule has 0 amide bonds. The topological polar surface area (TPSA) is 29.9 Å². The number of fused-ring (bicyclic) bond motifs is 1. The molecule has 1 aromatic heterocycles. The molecule has 1 aliphatic rings. The Kier molecular flexibility index (Phi) is 1.74. The van der Waals surface area contributed by atoms with Crippen LogP contribution in [0.4, 0.5) is 10.3 Å². The summed E-state index contributed by atoms with van der Waals surface area (Å²) in [4.78, 5) is 4.25. The maximum Gasteiger partial charge on any atom is 0.203 e. The van der Waals surface area contributed by atoms with Gasteiger partial charge in [-0.05, 0) is 24.3 Å². The molecule has 15 heavy (non-hydrogen) atoms. The summed E-state index contributed by atoms with van der Waals surface area (Å²) in [5.41, 5.74) is 2.04. The van der Waals surface area contributed by atoms with Crippen molar-refractivity contribution in [3.8, 4) is 11.3 Å². The van der Waals surface area contributed by atoms with Crippen LogP contribution in [-0.2, 0) is 6.54 Å². The van der Waals surface area contributed by atoms with Crippen LogP contribution < -0.4 is 5.32 Å². The number of benzene rings is 1. The van der Waals surface area contributed by atoms with Gasteiger partial charge in [0.05, 0.1) is 11.9 Å². The number of halogens is 1. The third kappa shape index (κ3) is 1.29. The highest BCUT2D eigenvalue weighted by Gasteiger charge is 2.15. The van der Waals surface area contributed by atoms with Crippen LogP contribution in [-0.4, -0.2) is 16.1 Å². The largest absolute Gasteiger partial charge is 0.354 e. The zero-order valence-corrected chi connectivity index (χ0v) is 8.07. The SMILES string of the molecule is Fc1ccc(-c2cnc3n2CCN3)cc1. The molecule has 1 N–H and O–H groups in total. The molecule has 2 heterocycles. The average Bonchev–Trinajstić information content (AvgIpc) is 2.80. The fourth-order valence-corrected chi connectivity index (χ4v) is 1.87. The van der Waals surface area contributed by atoms with Crippen molar-refractivity contribution in [2.24, 2.45) is 0 Å². The fourth-order valence-electron chi connectivity index (χ4n) is 1.87. The molecule has 0 saturated heterocycles. The number of hydrogen-bond acceptors (Lipinski definition) is 2. The number of imidazole rings is 1. The van der Waals surface area contributed by atoms with E-state index in [0.717, 1.165) is 30.3 Å². The zero-order chi connectivity index (χ0) is 10.3. The van der Waals surface area contributed by atoms with Crippen molar-refractivity contribution >= 4 is 5.95 Å². The second kappa shape index (κ2) is 3.08. The molecule has 1 aliphatic heterocycles. The van der Waals surface area contributed by atoms with Crippen LogP contribution in [0.15, 0.2) is 30.5 Å². The van der Waals surface area contributed by atoms with Gasteiger partial charge < -0.3 is 9.88 Å². The lowest BCUT2D eigenvalue weighted by atomic mass is 10.1. The molecule has 76 valence electrons. The highest BCUT2D eigenvalue weighted by atomic mass is 19.1. The number of nitrogens with zero attached hydrogens (tertiary/aromatic N) is 2. The summed E-state index contributed by atoms with van der Waals surface area (Å²) >= 11 is 0. The third-order valence-electron chi connectivity index (χ3n) is 2.61. The van der Waals surface area contributed by atoms with Crippen LogP contribution in [0.1, 0.15) is 0 Å². The lowest BCUT2D eigenvalue weighted by Gasteiger charge is -2.03. The fraction of sp³-hybridized carbons (Fsp3) is 0.182. The first kappa shape index (κ1) is 8.47. The normalized spacial score (nSPS) is 13.7. The summed E-state index contributed by atoms with van der Waals surface area (Å²) in [5, 5.41) is 3.18. The van der Waals surface area contributed by atoms with Gasteiger partial charge in [-0.1, -0.05) is 0 Å². The summed E-state index contributed by atoms with van der Waals surface area (Å²) in [7, 11) is 0. The van der Waals surface area contributed by atoms with E-state index in [4.69, 9.17) is 0 Å². The van der Waals surface area contributed by atoms with E-state index in [1.54, 1.807) is 12.1 Å². The van der Waals surface area contributed by atoms with Crippen molar-refractivity contribution < 1.29 is 4.39 Å². The van der Waals surface area contributed by atoms with Gasteiger partial charge in [0, 0.05) is 18.7 Å². The maximum atomic E-state index is 12.8. The minimum absolute atomic E-state index is 0.210. The highest BCUT2D eigenvalue weighted by molar-refractivity contribution is 5.62. The lowest BCUT2D eigenvalue weighted by Crippen LogP contribution is -1.96. The molecule has 0 unspecified atom stereocenters. The molecule has 2 aromatic rings. The molecular weight excluding hydrogens is 193 g/mol. The Morgan fingerprint density at radius 1 is 1.27 bits per heavy atom. The van der Waals surface area contributed by atoms with Crippen LogP contribution in [0.3, 0.4) is 0 Å². The summed E-state index contributed by atoms with van der Waals surface area (Å²) in [5.74, 6) is 0.687. The predicted molar refractivity (Wildman–Crippen MR) is 56.1 cm³/mol. The maximum absolute atomic E-state index is 12.8. The van der Waals surface area contributed by atoms with Gasteiger partial charge in [-0.25, -0.2) is 9.37 Å². The van der Waals surface area contributed by atoms with E-state index in [2.05, 4.69) is 14.9 Å². The first-order chi connectivity index (χ1) is 7.34. The molecule has 3 nitrogen and oxygen atoms in total. The van der Waals surface area contributed by atoms with Crippen LogP contribution in [0, 0.1) is 5.82 Å². The number of rotatable bonds is 1. The van der Waals surface area contributed by atoms with Crippen molar-refractivity contribution in [1.29, 1.82) is 0 Å². The third-order valence-corrected chi connectivity index (χ3v) is 2.61. The Labute approximate surface area is 86.6 Å². The van der Waals surface area contributed by atoms with Crippen LogP contribution in [0.5, 0.6) is 0 Å². The van der Waals surface area contributed by atoms with Crippen LogP contribution >= 0.6 is 0 Å². The Morgan fingerprint density at radius 2 is 2.07 bits per heavy atom. The second-order valence-electron chi connectivity index (χ2n) is 3.55. The minimum Gasteiger partial charge on any atom is -0.354 e. The van der Waals surface area contributed by atoms with Crippen LogP contribution in [0.2, 0.25) is 0 Å². The van der Waals surface area contributed by atoms with Gasteiger partial charge in [0.1, 0.15) is 5.82 Å². The van der Waals surface area contributed by atoms with Crippen molar-refractivity contribution in [2.75, 3.05) is 11.9 Å². The van der Waals surface area contributed by atoms with E-state index in [1.807, 2.05) is 6.20 Å². The Balaban J connectivity index is 2.09. The molecule has 0 spiro atoms. The van der Waals surface area contributed by atoms with Crippen molar-refractivity contribution in [3.05, 3.63) is 36.3 Å². The lowest BCUT2D eigenvalue weighted by molar-refractivity contribution is 0.628. The smallest absolute Gasteiger partial charge is 0.203 e. The second-order valence-corrected chi connectivity index (χ2v) is 3.55. The first-order valence-corrected chi connectivity index (χ1v) is 4.90. The van der Waals surface area contributed by atoms with Gasteiger partial charge in [-0.2, -0.15) is 0 Å². The minimum atomic E-state index is -0.210. The van der Waals surface area contributed by atoms with E-state index >= 15 is 0 Å². The van der Waals surface area contributed by atoms with Gasteiger partial charge in [-0.3, -0.25) is 0 Å². The zero-order valence-electron chi connectivity index (χ0n) is 8.07. The average molecular weight is 203 g/mol. The standard InChI is InChI=1S/C11H10FN3/c12-9-3-1-8(2-4-9)10-7-14-11-13-5-6-15(10)11/h1-4,7H,5-6H2,(H,13,14). The van der Waals surface area contributed by atoms with E-state index in [0.29, 0.717) is 0 Å². The van der Waals surface area contributed by atoms with E-state index in [9.17, 15) is 4.39 Å². The molecule has 0 fully saturated rings. The van der Waals surface area contributed by atoms with Crippen molar-refractivity contribution in [3.63, 3.8) is 0 Å². The monoisotopic (exact) mass is 203 g/mol. The quantitative estimate of drug-likeness (QED) is 0.769. The Bertz CT molecular complexity index is 487. The van der Waals surface area contributed by atoms with Crippen molar-refractivity contribution in [2.45, 2.75) is 6.54 Å². The molecule has 0 aliphatic carbocycles. The molecular formula is C11H10FN3. The van der Waals surface area contributed by atoms with Gasteiger partial charge in [0.15, 0.2) is 0 Å². The number of hydrogen-bond donors (Lipinski definition) is 1. The molecule has 4 heteroatoms. The van der Waals surface area contributed by atoms with E-state index in [1.165, 1.54) is 12.1 Å². The van der Waals surface area contributed by atoms with E-state index in [-0.39, 0.29) is 5.82 Å². The molecule has 3 rings (SSSR count). The summed E-state index contributed by atoms with van der Waals surface area (Å²) in [6, 6.07) is 6.49. The van der Waals surface area contributed by atoms with Crippen molar-refractivity contribution in [1.82, 2.24) is 9.55 Å². The molecule has 0 bridgehead atoms. The summed E-state index contributed by atoms with van der Waals surface area (Å²) < 4.78 is 14.9. The highest BCUT2D eigenvalue weighted by Crippen LogP contribution is 2.25.